The minimum absolute atomic E-state index is 0.236. The van der Waals surface area contributed by atoms with Crippen molar-refractivity contribution in [1.82, 2.24) is 24.7 Å². The normalized spacial score (nSPS) is 10.6. The highest BCUT2D eigenvalue weighted by Gasteiger charge is 2.11. The number of hydrogen-bond donors (Lipinski definition) is 1. The number of nitrogens with zero attached hydrogens (tertiary/aromatic N) is 5. The first-order valence-electron chi connectivity index (χ1n) is 5.49. The third-order valence-electron chi connectivity index (χ3n) is 2.10. The highest BCUT2D eigenvalue weighted by Crippen LogP contribution is 2.26. The van der Waals surface area contributed by atoms with Crippen LogP contribution in [0.25, 0.3) is 0 Å². The summed E-state index contributed by atoms with van der Waals surface area (Å²) in [7, 11) is 1.74. The fourth-order valence-electron chi connectivity index (χ4n) is 1.21. The Bertz CT molecular complexity index is 529. The highest BCUT2D eigenvalue weighted by atomic mass is 32.2. The van der Waals surface area contributed by atoms with E-state index in [2.05, 4.69) is 25.4 Å². The quantitative estimate of drug-likeness (QED) is 0.833. The summed E-state index contributed by atoms with van der Waals surface area (Å²) in [5, 5.41) is 7.74. The molecule has 0 unspecified atom stereocenters. The van der Waals surface area contributed by atoms with Gasteiger partial charge in [0.1, 0.15) is 11.4 Å². The molecule has 0 amide bonds. The van der Waals surface area contributed by atoms with Gasteiger partial charge in [0, 0.05) is 13.6 Å². The second-order valence-corrected chi connectivity index (χ2v) is 4.50. The molecule has 2 aromatic heterocycles. The Morgan fingerprint density at radius 3 is 2.94 bits per heavy atom. The molecule has 0 radical (unpaired) electrons. The summed E-state index contributed by atoms with van der Waals surface area (Å²) in [5.41, 5.74) is 0. The molecule has 0 spiro atoms. The van der Waals surface area contributed by atoms with E-state index in [1.807, 2.05) is 6.92 Å². The maximum atomic E-state index is 13.6. The Morgan fingerprint density at radius 1 is 1.44 bits per heavy atom. The smallest absolute Gasteiger partial charge is 0.223 e. The van der Waals surface area contributed by atoms with Crippen molar-refractivity contribution >= 4 is 17.7 Å². The lowest BCUT2D eigenvalue weighted by molar-refractivity contribution is 0.578. The van der Waals surface area contributed by atoms with Crippen LogP contribution < -0.4 is 5.32 Å². The molecule has 2 heterocycles. The van der Waals surface area contributed by atoms with E-state index in [4.69, 9.17) is 0 Å². The van der Waals surface area contributed by atoms with Crippen molar-refractivity contribution in [3.05, 3.63) is 18.3 Å². The van der Waals surface area contributed by atoms with Crippen LogP contribution in [0.2, 0.25) is 0 Å². The van der Waals surface area contributed by atoms with Crippen molar-refractivity contribution in [2.75, 3.05) is 11.9 Å². The van der Waals surface area contributed by atoms with Crippen molar-refractivity contribution in [2.45, 2.75) is 23.5 Å². The third-order valence-corrected chi connectivity index (χ3v) is 3.13. The molecular weight excluding hydrogens is 255 g/mol. The van der Waals surface area contributed by atoms with E-state index in [1.165, 1.54) is 6.33 Å². The molecule has 0 saturated carbocycles. The van der Waals surface area contributed by atoms with Gasteiger partial charge in [-0.25, -0.2) is 24.0 Å². The van der Waals surface area contributed by atoms with Crippen molar-refractivity contribution < 1.29 is 4.39 Å². The number of nitrogens with one attached hydrogen (secondary N) is 1. The van der Waals surface area contributed by atoms with Crippen molar-refractivity contribution in [1.29, 1.82) is 0 Å². The lowest BCUT2D eigenvalue weighted by atomic mass is 10.5. The van der Waals surface area contributed by atoms with E-state index in [0.29, 0.717) is 11.1 Å². The van der Waals surface area contributed by atoms with Crippen LogP contribution in [0.5, 0.6) is 0 Å². The van der Waals surface area contributed by atoms with Gasteiger partial charge in [0.05, 0.1) is 6.20 Å². The Kier molecular flexibility index (Phi) is 4.08. The molecule has 0 fully saturated rings. The summed E-state index contributed by atoms with van der Waals surface area (Å²) in [4.78, 5) is 12.0. The van der Waals surface area contributed by atoms with E-state index in [9.17, 15) is 4.39 Å². The van der Waals surface area contributed by atoms with Gasteiger partial charge in [-0.15, -0.1) is 0 Å². The largest absolute Gasteiger partial charge is 0.354 e. The molecule has 0 atom stereocenters. The van der Waals surface area contributed by atoms with Gasteiger partial charge < -0.3 is 5.32 Å². The summed E-state index contributed by atoms with van der Waals surface area (Å²) in [6, 6.07) is 0. The van der Waals surface area contributed by atoms with E-state index >= 15 is 0 Å². The number of halogens is 1. The molecule has 2 rings (SSSR count). The molecule has 0 aliphatic carbocycles. The van der Waals surface area contributed by atoms with E-state index in [0.717, 1.165) is 30.9 Å². The molecule has 18 heavy (non-hydrogen) atoms. The molecule has 96 valence electrons. The molecule has 8 heteroatoms. The van der Waals surface area contributed by atoms with Gasteiger partial charge in [-0.2, -0.15) is 5.10 Å². The third kappa shape index (κ3) is 2.95. The zero-order valence-corrected chi connectivity index (χ0v) is 10.9. The van der Waals surface area contributed by atoms with Crippen molar-refractivity contribution in [2.24, 2.45) is 7.05 Å². The molecule has 1 N–H and O–H groups in total. The van der Waals surface area contributed by atoms with Gasteiger partial charge >= 0.3 is 0 Å². The van der Waals surface area contributed by atoms with Crippen molar-refractivity contribution in [3.8, 4) is 0 Å². The Balaban J connectivity index is 2.18. The molecule has 0 saturated heterocycles. The first kappa shape index (κ1) is 12.7. The zero-order chi connectivity index (χ0) is 13.0. The molecule has 6 nitrogen and oxygen atoms in total. The van der Waals surface area contributed by atoms with Gasteiger partial charge in [-0.05, 0) is 18.2 Å². The average molecular weight is 268 g/mol. The van der Waals surface area contributed by atoms with Crippen LogP contribution in [0.15, 0.2) is 22.7 Å². The van der Waals surface area contributed by atoms with E-state index < -0.39 is 5.82 Å². The lowest BCUT2D eigenvalue weighted by Gasteiger charge is -2.05. The highest BCUT2D eigenvalue weighted by molar-refractivity contribution is 7.99. The Labute approximate surface area is 108 Å². The van der Waals surface area contributed by atoms with Crippen LogP contribution >= 0.6 is 11.8 Å². The monoisotopic (exact) mass is 268 g/mol. The van der Waals surface area contributed by atoms with Crippen molar-refractivity contribution in [3.63, 3.8) is 0 Å². The maximum Gasteiger partial charge on any atom is 0.223 e. The summed E-state index contributed by atoms with van der Waals surface area (Å²) < 4.78 is 15.1. The second-order valence-electron chi connectivity index (χ2n) is 3.54. The minimum atomic E-state index is -0.468. The SMILES string of the molecule is CCCNc1ncc(F)c(Sc2ncnn2C)n1. The first-order valence-corrected chi connectivity index (χ1v) is 6.30. The number of aryl methyl sites for hydroxylation is 1. The molecule has 0 bridgehead atoms. The average Bonchev–Trinajstić information content (AvgIpc) is 2.76. The van der Waals surface area contributed by atoms with E-state index in [-0.39, 0.29) is 5.03 Å². The second kappa shape index (κ2) is 5.76. The molecule has 0 aliphatic heterocycles. The van der Waals surface area contributed by atoms with Crippen LogP contribution in [0.4, 0.5) is 10.3 Å². The molecule has 2 aromatic rings. The number of aromatic nitrogens is 5. The molecular formula is C10H13FN6S. The van der Waals surface area contributed by atoms with Gasteiger partial charge in [0.25, 0.3) is 0 Å². The summed E-state index contributed by atoms with van der Waals surface area (Å²) >= 11 is 1.12. The minimum Gasteiger partial charge on any atom is -0.354 e. The van der Waals surface area contributed by atoms with Gasteiger partial charge in [-0.1, -0.05) is 6.92 Å². The first-order chi connectivity index (χ1) is 8.70. The topological polar surface area (TPSA) is 68.5 Å². The van der Waals surface area contributed by atoms with Crippen LogP contribution in [-0.4, -0.2) is 31.3 Å². The lowest BCUT2D eigenvalue weighted by Crippen LogP contribution is -2.05. The van der Waals surface area contributed by atoms with Crippen LogP contribution in [0.1, 0.15) is 13.3 Å². The molecule has 0 aromatic carbocycles. The summed E-state index contributed by atoms with van der Waals surface area (Å²) in [5.74, 6) is -0.0482. The number of rotatable bonds is 5. The predicted octanol–water partition coefficient (Wildman–Crippen LogP) is 1.72. The van der Waals surface area contributed by atoms with Gasteiger partial charge in [0.2, 0.25) is 5.95 Å². The van der Waals surface area contributed by atoms with Crippen LogP contribution in [-0.2, 0) is 7.05 Å². The van der Waals surface area contributed by atoms with Gasteiger partial charge in [0.15, 0.2) is 11.0 Å². The van der Waals surface area contributed by atoms with E-state index in [1.54, 1.807) is 11.7 Å². The zero-order valence-electron chi connectivity index (χ0n) is 10.1. The maximum absolute atomic E-state index is 13.6. The summed E-state index contributed by atoms with van der Waals surface area (Å²) in [6.07, 6.45) is 3.52. The van der Waals surface area contributed by atoms with Gasteiger partial charge in [-0.3, -0.25) is 0 Å². The number of anilines is 1. The summed E-state index contributed by atoms with van der Waals surface area (Å²) in [6.45, 7) is 2.78. The standard InChI is InChI=1S/C10H13FN6S/c1-3-4-12-9-13-5-7(11)8(16-9)18-10-14-6-15-17(10)2/h5-6H,3-4H2,1-2H3,(H,12,13,16). The fraction of sp³-hybridized carbons (Fsp3) is 0.400. The molecule has 0 aliphatic rings. The fourth-order valence-corrected chi connectivity index (χ4v) is 1.94. The Morgan fingerprint density at radius 2 is 2.28 bits per heavy atom. The predicted molar refractivity (Wildman–Crippen MR) is 65.9 cm³/mol. The van der Waals surface area contributed by atoms with Crippen LogP contribution in [0.3, 0.4) is 0 Å². The van der Waals surface area contributed by atoms with Crippen LogP contribution in [0, 0.1) is 5.82 Å². The Hall–Kier alpha value is -1.70. The number of hydrogen-bond acceptors (Lipinski definition) is 6.